The fraction of sp³-hybridized carbons (Fsp3) is 0.579. The summed E-state index contributed by atoms with van der Waals surface area (Å²) in [5, 5.41) is 5.38. The number of rotatable bonds is 5. The highest BCUT2D eigenvalue weighted by Gasteiger charge is 2.19. The summed E-state index contributed by atoms with van der Waals surface area (Å²) in [5.41, 5.74) is 1.79. The monoisotopic (exact) mass is 331 g/mol. The normalized spacial score (nSPS) is 18.4. The van der Waals surface area contributed by atoms with E-state index in [-0.39, 0.29) is 0 Å². The van der Waals surface area contributed by atoms with E-state index in [1.807, 2.05) is 18.2 Å². The molecule has 2 N–H and O–H groups in total. The molecule has 1 unspecified atom stereocenters. The highest BCUT2D eigenvalue weighted by Crippen LogP contribution is 2.18. The van der Waals surface area contributed by atoms with Gasteiger partial charge in [-0.2, -0.15) is 0 Å². The fourth-order valence-electron chi connectivity index (χ4n) is 3.05. The molecule has 5 nitrogen and oxygen atoms in total. The minimum atomic E-state index is -0.609. The predicted molar refractivity (Wildman–Crippen MR) is 97.1 cm³/mol. The van der Waals surface area contributed by atoms with Crippen LogP contribution in [0.15, 0.2) is 24.3 Å². The highest BCUT2D eigenvalue weighted by molar-refractivity contribution is 6.39. The SMILES string of the molecule is CC(C)c1cccc(NC(=O)C(=O)NCCN2CCCCC2C)c1. The zero-order chi connectivity index (χ0) is 17.5. The zero-order valence-electron chi connectivity index (χ0n) is 15.0. The van der Waals surface area contributed by atoms with Crippen LogP contribution in [0.4, 0.5) is 5.69 Å². The van der Waals surface area contributed by atoms with Crippen molar-refractivity contribution < 1.29 is 9.59 Å². The number of carbonyl (C=O) groups is 2. The van der Waals surface area contributed by atoms with Crippen LogP contribution in [-0.2, 0) is 9.59 Å². The number of nitrogens with one attached hydrogen (secondary N) is 2. The molecular formula is C19H29N3O2. The molecule has 132 valence electrons. The van der Waals surface area contributed by atoms with Gasteiger partial charge in [-0.3, -0.25) is 14.5 Å². The lowest BCUT2D eigenvalue weighted by Gasteiger charge is -2.33. The highest BCUT2D eigenvalue weighted by atomic mass is 16.2. The first-order valence-corrected chi connectivity index (χ1v) is 8.90. The lowest BCUT2D eigenvalue weighted by molar-refractivity contribution is -0.136. The van der Waals surface area contributed by atoms with Gasteiger partial charge in [0.1, 0.15) is 0 Å². The van der Waals surface area contributed by atoms with Gasteiger partial charge in [0.25, 0.3) is 0 Å². The van der Waals surface area contributed by atoms with Crippen LogP contribution in [0.1, 0.15) is 51.5 Å². The molecule has 1 aliphatic heterocycles. The van der Waals surface area contributed by atoms with E-state index in [1.165, 1.54) is 19.3 Å². The van der Waals surface area contributed by atoms with E-state index < -0.39 is 11.8 Å². The Morgan fingerprint density at radius 3 is 2.75 bits per heavy atom. The molecule has 1 heterocycles. The number of anilines is 1. The maximum absolute atomic E-state index is 12.0. The van der Waals surface area contributed by atoms with Gasteiger partial charge in [0.15, 0.2) is 0 Å². The molecule has 1 saturated heterocycles. The van der Waals surface area contributed by atoms with Crippen LogP contribution in [0.5, 0.6) is 0 Å². The summed E-state index contributed by atoms with van der Waals surface area (Å²) in [7, 11) is 0. The van der Waals surface area contributed by atoms with E-state index in [1.54, 1.807) is 6.07 Å². The van der Waals surface area contributed by atoms with Crippen LogP contribution in [0.2, 0.25) is 0 Å². The van der Waals surface area contributed by atoms with E-state index >= 15 is 0 Å². The molecule has 1 aliphatic rings. The second kappa shape index (κ2) is 8.83. The molecule has 0 radical (unpaired) electrons. The van der Waals surface area contributed by atoms with Gasteiger partial charge < -0.3 is 10.6 Å². The second-order valence-electron chi connectivity index (χ2n) is 6.87. The van der Waals surface area contributed by atoms with Crippen LogP contribution in [0, 0.1) is 0 Å². The number of benzene rings is 1. The minimum Gasteiger partial charge on any atom is -0.347 e. The molecule has 1 aromatic carbocycles. The lowest BCUT2D eigenvalue weighted by atomic mass is 10.0. The average Bonchev–Trinajstić information content (AvgIpc) is 2.56. The number of hydrogen-bond acceptors (Lipinski definition) is 3. The fourth-order valence-corrected chi connectivity index (χ4v) is 3.05. The number of likely N-dealkylation sites (tertiary alicyclic amines) is 1. The van der Waals surface area contributed by atoms with E-state index in [0.717, 1.165) is 18.7 Å². The van der Waals surface area contributed by atoms with Crippen molar-refractivity contribution in [1.82, 2.24) is 10.2 Å². The zero-order valence-corrected chi connectivity index (χ0v) is 15.0. The Balaban J connectivity index is 1.77. The van der Waals surface area contributed by atoms with Crippen molar-refractivity contribution in [2.24, 2.45) is 0 Å². The van der Waals surface area contributed by atoms with Crippen LogP contribution < -0.4 is 10.6 Å². The molecule has 0 spiro atoms. The summed E-state index contributed by atoms with van der Waals surface area (Å²) >= 11 is 0. The van der Waals surface area contributed by atoms with E-state index in [0.29, 0.717) is 24.2 Å². The van der Waals surface area contributed by atoms with Crippen LogP contribution in [0.25, 0.3) is 0 Å². The van der Waals surface area contributed by atoms with Gasteiger partial charge >= 0.3 is 11.8 Å². The quantitative estimate of drug-likeness (QED) is 0.816. The van der Waals surface area contributed by atoms with Crippen LogP contribution in [-0.4, -0.2) is 42.4 Å². The molecule has 0 aromatic heterocycles. The smallest absolute Gasteiger partial charge is 0.313 e. The van der Waals surface area contributed by atoms with E-state index in [2.05, 4.69) is 36.3 Å². The third-order valence-corrected chi connectivity index (χ3v) is 4.64. The maximum Gasteiger partial charge on any atom is 0.313 e. The van der Waals surface area contributed by atoms with Crippen molar-refractivity contribution in [2.45, 2.75) is 52.0 Å². The first-order valence-electron chi connectivity index (χ1n) is 8.90. The van der Waals surface area contributed by atoms with Gasteiger partial charge in [-0.1, -0.05) is 32.4 Å². The lowest BCUT2D eigenvalue weighted by Crippen LogP contribution is -2.44. The van der Waals surface area contributed by atoms with Gasteiger partial charge in [-0.15, -0.1) is 0 Å². The molecule has 5 heteroatoms. The Kier molecular flexibility index (Phi) is 6.79. The molecule has 1 fully saturated rings. The van der Waals surface area contributed by atoms with Crippen LogP contribution >= 0.6 is 0 Å². The van der Waals surface area contributed by atoms with E-state index in [9.17, 15) is 9.59 Å². The van der Waals surface area contributed by atoms with Crippen molar-refractivity contribution in [1.29, 1.82) is 0 Å². The first kappa shape index (κ1) is 18.5. The van der Waals surface area contributed by atoms with E-state index in [4.69, 9.17) is 0 Å². The molecule has 0 saturated carbocycles. The summed E-state index contributed by atoms with van der Waals surface area (Å²) in [6.45, 7) is 8.77. The standard InChI is InChI=1S/C19H29N3O2/c1-14(2)16-8-6-9-17(13-16)21-19(24)18(23)20-10-12-22-11-5-4-7-15(22)3/h6,8-9,13-15H,4-5,7,10-12H2,1-3H3,(H,20,23)(H,21,24). The summed E-state index contributed by atoms with van der Waals surface area (Å²) in [6.07, 6.45) is 3.70. The molecule has 1 atom stereocenters. The topological polar surface area (TPSA) is 61.4 Å². The molecule has 0 bridgehead atoms. The minimum absolute atomic E-state index is 0.377. The summed E-state index contributed by atoms with van der Waals surface area (Å²) in [5.74, 6) is -0.806. The third-order valence-electron chi connectivity index (χ3n) is 4.64. The summed E-state index contributed by atoms with van der Waals surface area (Å²) in [6, 6.07) is 8.17. The van der Waals surface area contributed by atoms with Crippen molar-refractivity contribution >= 4 is 17.5 Å². The number of amides is 2. The molecule has 2 rings (SSSR count). The van der Waals surface area contributed by atoms with Crippen molar-refractivity contribution in [3.05, 3.63) is 29.8 Å². The van der Waals surface area contributed by atoms with Crippen molar-refractivity contribution in [3.8, 4) is 0 Å². The maximum atomic E-state index is 12.0. The van der Waals surface area contributed by atoms with Gasteiger partial charge in [-0.25, -0.2) is 0 Å². The molecular weight excluding hydrogens is 302 g/mol. The average molecular weight is 331 g/mol. The van der Waals surface area contributed by atoms with Crippen molar-refractivity contribution in [2.75, 3.05) is 25.0 Å². The summed E-state index contributed by atoms with van der Waals surface area (Å²) in [4.78, 5) is 26.3. The number of piperidine rings is 1. The Hall–Kier alpha value is -1.88. The second-order valence-corrected chi connectivity index (χ2v) is 6.87. The molecule has 0 aliphatic carbocycles. The summed E-state index contributed by atoms with van der Waals surface area (Å²) < 4.78 is 0. The van der Waals surface area contributed by atoms with Gasteiger partial charge in [0, 0.05) is 24.8 Å². The number of hydrogen-bond donors (Lipinski definition) is 2. The third kappa shape index (κ3) is 5.34. The van der Waals surface area contributed by atoms with Gasteiger partial charge in [-0.05, 0) is 49.9 Å². The Morgan fingerprint density at radius 1 is 1.25 bits per heavy atom. The largest absolute Gasteiger partial charge is 0.347 e. The number of carbonyl (C=O) groups excluding carboxylic acids is 2. The van der Waals surface area contributed by atoms with Gasteiger partial charge in [0.2, 0.25) is 0 Å². The first-order chi connectivity index (χ1) is 11.5. The molecule has 24 heavy (non-hydrogen) atoms. The predicted octanol–water partition coefficient (Wildman–Crippen LogP) is 2.74. The Bertz CT molecular complexity index is 571. The molecule has 1 aromatic rings. The van der Waals surface area contributed by atoms with Gasteiger partial charge in [0.05, 0.1) is 0 Å². The van der Waals surface area contributed by atoms with Crippen LogP contribution in [0.3, 0.4) is 0 Å². The molecule has 2 amide bonds. The Labute approximate surface area is 144 Å². The van der Waals surface area contributed by atoms with Crippen molar-refractivity contribution in [3.63, 3.8) is 0 Å². The number of nitrogens with zero attached hydrogens (tertiary/aromatic N) is 1. The Morgan fingerprint density at radius 2 is 2.04 bits per heavy atom.